The average Bonchev–Trinajstić information content (AvgIpc) is 3.16. The Morgan fingerprint density at radius 1 is 1.06 bits per heavy atom. The molecule has 2 aromatic heterocycles. The topological polar surface area (TPSA) is 108 Å². The molecule has 0 aliphatic heterocycles. The van der Waals surface area contributed by atoms with Gasteiger partial charge in [0.2, 0.25) is 5.95 Å². The summed E-state index contributed by atoms with van der Waals surface area (Å²) in [6, 6.07) is 10.3. The number of alkyl halides is 3. The molecule has 0 saturated carbocycles. The first-order valence-corrected chi connectivity index (χ1v) is 9.81. The number of rotatable bonds is 8. The summed E-state index contributed by atoms with van der Waals surface area (Å²) in [4.78, 5) is 7.99. The number of nitrogens with zero attached hydrogens (tertiary/aromatic N) is 3. The second kappa shape index (κ2) is 9.28. The lowest BCUT2D eigenvalue weighted by atomic mass is 10.1. The van der Waals surface area contributed by atoms with Crippen LogP contribution in [-0.2, 0) is 6.42 Å². The van der Waals surface area contributed by atoms with Crippen molar-refractivity contribution in [2.24, 2.45) is 0 Å². The van der Waals surface area contributed by atoms with Crippen molar-refractivity contribution >= 4 is 34.0 Å². The highest BCUT2D eigenvalue weighted by atomic mass is 19.4. The Balaban J connectivity index is 1.54. The standard InChI is InChI=1S/C21H18F4N6O2/c22-16-11-26-20(28-13-6-7-18-15(10-13)17(30-31-18)5-2-8-32)29-19(16)27-12-3-1-4-14(9-12)33-21(23,24)25/h1,3-4,6-7,9-11,32H,2,5,8H2,(H,30,31)(H2,26,27,28,29). The van der Waals surface area contributed by atoms with Crippen LogP contribution in [0.15, 0.2) is 48.7 Å². The molecule has 4 N–H and O–H groups in total. The Morgan fingerprint density at radius 2 is 1.88 bits per heavy atom. The van der Waals surface area contributed by atoms with Crippen LogP contribution < -0.4 is 15.4 Å². The Bertz CT molecular complexity index is 1260. The van der Waals surface area contributed by atoms with Gasteiger partial charge < -0.3 is 20.5 Å². The third-order valence-electron chi connectivity index (χ3n) is 4.55. The van der Waals surface area contributed by atoms with Gasteiger partial charge in [-0.3, -0.25) is 5.10 Å². The van der Waals surface area contributed by atoms with E-state index in [1.165, 1.54) is 12.1 Å². The summed E-state index contributed by atoms with van der Waals surface area (Å²) in [5.74, 6) is -1.41. The third-order valence-corrected chi connectivity index (χ3v) is 4.55. The molecular formula is C21H18F4N6O2. The molecule has 0 fully saturated rings. The average molecular weight is 462 g/mol. The van der Waals surface area contributed by atoms with E-state index in [-0.39, 0.29) is 24.1 Å². The van der Waals surface area contributed by atoms with Crippen molar-refractivity contribution in [2.45, 2.75) is 19.2 Å². The van der Waals surface area contributed by atoms with Crippen molar-refractivity contribution in [3.8, 4) is 5.75 Å². The van der Waals surface area contributed by atoms with E-state index in [2.05, 4.69) is 35.5 Å². The summed E-state index contributed by atoms with van der Waals surface area (Å²) >= 11 is 0. The number of ether oxygens (including phenoxy) is 1. The molecule has 0 saturated heterocycles. The van der Waals surface area contributed by atoms with Gasteiger partial charge in [0.05, 0.1) is 11.7 Å². The third kappa shape index (κ3) is 5.66. The van der Waals surface area contributed by atoms with E-state index in [9.17, 15) is 17.6 Å². The second-order valence-electron chi connectivity index (χ2n) is 6.98. The summed E-state index contributed by atoms with van der Waals surface area (Å²) in [5.41, 5.74) is 2.38. The summed E-state index contributed by atoms with van der Waals surface area (Å²) in [7, 11) is 0. The molecule has 8 nitrogen and oxygen atoms in total. The number of anilines is 4. The first-order chi connectivity index (χ1) is 15.8. The van der Waals surface area contributed by atoms with Gasteiger partial charge in [-0.05, 0) is 43.2 Å². The molecule has 0 atom stereocenters. The van der Waals surface area contributed by atoms with E-state index in [0.29, 0.717) is 18.5 Å². The maximum atomic E-state index is 14.2. The number of fused-ring (bicyclic) bond motifs is 1. The minimum absolute atomic E-state index is 0.0584. The van der Waals surface area contributed by atoms with Gasteiger partial charge in [0, 0.05) is 35.1 Å². The highest BCUT2D eigenvalue weighted by Crippen LogP contribution is 2.28. The maximum absolute atomic E-state index is 14.2. The van der Waals surface area contributed by atoms with E-state index in [1.54, 1.807) is 12.1 Å². The fourth-order valence-electron chi connectivity index (χ4n) is 3.14. The van der Waals surface area contributed by atoms with Crippen LogP contribution in [0.1, 0.15) is 12.1 Å². The zero-order valence-electron chi connectivity index (χ0n) is 16.9. The zero-order valence-corrected chi connectivity index (χ0v) is 16.9. The molecular weight excluding hydrogens is 444 g/mol. The summed E-state index contributed by atoms with van der Waals surface area (Å²) in [6.07, 6.45) is -2.70. The Morgan fingerprint density at radius 3 is 2.67 bits per heavy atom. The lowest BCUT2D eigenvalue weighted by Crippen LogP contribution is -2.17. The van der Waals surface area contributed by atoms with Crippen molar-refractivity contribution in [1.29, 1.82) is 0 Å². The molecule has 4 rings (SSSR count). The van der Waals surface area contributed by atoms with Crippen LogP contribution in [0.25, 0.3) is 10.9 Å². The number of aryl methyl sites for hydroxylation is 1. The molecule has 0 spiro atoms. The molecule has 0 bridgehead atoms. The smallest absolute Gasteiger partial charge is 0.406 e. The van der Waals surface area contributed by atoms with Gasteiger partial charge in [0.15, 0.2) is 11.6 Å². The quantitative estimate of drug-likeness (QED) is 0.279. The van der Waals surface area contributed by atoms with E-state index in [4.69, 9.17) is 5.11 Å². The fourth-order valence-corrected chi connectivity index (χ4v) is 3.14. The predicted molar refractivity (Wildman–Crippen MR) is 113 cm³/mol. The number of aromatic nitrogens is 4. The van der Waals surface area contributed by atoms with Crippen LogP contribution in [0.5, 0.6) is 5.75 Å². The van der Waals surface area contributed by atoms with Crippen LogP contribution in [0.4, 0.5) is 40.7 Å². The van der Waals surface area contributed by atoms with Crippen molar-refractivity contribution in [3.63, 3.8) is 0 Å². The lowest BCUT2D eigenvalue weighted by molar-refractivity contribution is -0.274. The molecule has 2 heterocycles. The molecule has 0 aliphatic rings. The molecule has 0 aliphatic carbocycles. The van der Waals surface area contributed by atoms with Crippen molar-refractivity contribution in [3.05, 3.63) is 60.2 Å². The molecule has 0 amide bonds. The summed E-state index contributed by atoms with van der Waals surface area (Å²) < 4.78 is 55.4. The number of hydrogen-bond donors (Lipinski definition) is 4. The molecule has 0 unspecified atom stereocenters. The van der Waals surface area contributed by atoms with Crippen molar-refractivity contribution < 1.29 is 27.4 Å². The molecule has 4 aromatic rings. The SMILES string of the molecule is OCCCc1[nH]nc2ccc(Nc3ncc(F)c(Nc4cccc(OC(F)(F)F)c4)n3)cc12. The summed E-state index contributed by atoms with van der Waals surface area (Å²) in [6.45, 7) is 0.0584. The Hall–Kier alpha value is -3.93. The Kier molecular flexibility index (Phi) is 6.27. The second-order valence-corrected chi connectivity index (χ2v) is 6.98. The van der Waals surface area contributed by atoms with Gasteiger partial charge in [-0.15, -0.1) is 13.2 Å². The number of aliphatic hydroxyl groups is 1. The monoisotopic (exact) mass is 462 g/mol. The van der Waals surface area contributed by atoms with Gasteiger partial charge in [-0.25, -0.2) is 9.37 Å². The van der Waals surface area contributed by atoms with Gasteiger partial charge in [0.25, 0.3) is 0 Å². The fraction of sp³-hybridized carbons (Fsp3) is 0.190. The largest absolute Gasteiger partial charge is 0.573 e. The number of halogens is 4. The normalized spacial score (nSPS) is 11.5. The molecule has 2 aromatic carbocycles. The number of aliphatic hydroxyl groups excluding tert-OH is 1. The minimum atomic E-state index is -4.84. The highest BCUT2D eigenvalue weighted by Gasteiger charge is 2.31. The van der Waals surface area contributed by atoms with E-state index < -0.39 is 17.9 Å². The minimum Gasteiger partial charge on any atom is -0.406 e. The van der Waals surface area contributed by atoms with Gasteiger partial charge in [-0.2, -0.15) is 10.1 Å². The number of hydrogen-bond acceptors (Lipinski definition) is 7. The van der Waals surface area contributed by atoms with Crippen LogP contribution in [0, 0.1) is 5.82 Å². The first-order valence-electron chi connectivity index (χ1n) is 9.81. The van der Waals surface area contributed by atoms with Gasteiger partial charge in [-0.1, -0.05) is 6.07 Å². The Labute approximate surface area is 184 Å². The molecule has 172 valence electrons. The lowest BCUT2D eigenvalue weighted by Gasteiger charge is -2.12. The van der Waals surface area contributed by atoms with E-state index >= 15 is 0 Å². The zero-order chi connectivity index (χ0) is 23.4. The number of H-pyrrole nitrogens is 1. The number of benzene rings is 2. The molecule has 0 radical (unpaired) electrons. The van der Waals surface area contributed by atoms with Crippen LogP contribution in [0.2, 0.25) is 0 Å². The predicted octanol–water partition coefficient (Wildman–Crippen LogP) is 4.80. The van der Waals surface area contributed by atoms with Crippen LogP contribution >= 0.6 is 0 Å². The van der Waals surface area contributed by atoms with E-state index in [0.717, 1.165) is 34.9 Å². The van der Waals surface area contributed by atoms with Crippen LogP contribution in [-0.4, -0.2) is 38.2 Å². The summed E-state index contributed by atoms with van der Waals surface area (Å²) in [5, 5.41) is 22.7. The van der Waals surface area contributed by atoms with Gasteiger partial charge >= 0.3 is 6.36 Å². The molecule has 12 heteroatoms. The van der Waals surface area contributed by atoms with E-state index in [1.807, 2.05) is 6.07 Å². The highest BCUT2D eigenvalue weighted by molar-refractivity contribution is 5.85. The van der Waals surface area contributed by atoms with Crippen molar-refractivity contribution in [2.75, 3.05) is 17.2 Å². The maximum Gasteiger partial charge on any atom is 0.573 e. The first kappa shape index (κ1) is 22.3. The van der Waals surface area contributed by atoms with Gasteiger partial charge in [0.1, 0.15) is 5.75 Å². The number of aromatic amines is 1. The van der Waals surface area contributed by atoms with Crippen LogP contribution in [0.3, 0.4) is 0 Å². The van der Waals surface area contributed by atoms with Crippen molar-refractivity contribution in [1.82, 2.24) is 20.2 Å². The molecule has 33 heavy (non-hydrogen) atoms. The number of nitrogens with one attached hydrogen (secondary N) is 3.